The molecule has 108 valence electrons. The van der Waals surface area contributed by atoms with E-state index in [0.29, 0.717) is 0 Å². The van der Waals surface area contributed by atoms with Gasteiger partial charge in [0.15, 0.2) is 0 Å². The van der Waals surface area contributed by atoms with Gasteiger partial charge in [-0.2, -0.15) is 0 Å². The monoisotopic (exact) mass is 272 g/mol. The van der Waals surface area contributed by atoms with Gasteiger partial charge in [-0.15, -0.1) is 0 Å². The molecule has 0 radical (unpaired) electrons. The van der Waals surface area contributed by atoms with E-state index in [9.17, 15) is 4.79 Å². The van der Waals surface area contributed by atoms with Gasteiger partial charge in [0, 0.05) is 18.9 Å². The van der Waals surface area contributed by atoms with Crippen molar-refractivity contribution < 1.29 is 9.90 Å². The summed E-state index contributed by atoms with van der Waals surface area (Å²) < 4.78 is 0. The average molecular weight is 272 g/mol. The normalized spacial score (nSPS) is 10.1. The van der Waals surface area contributed by atoms with Crippen molar-refractivity contribution in [3.05, 3.63) is 24.3 Å². The van der Waals surface area contributed by atoms with Crippen LogP contribution >= 0.6 is 0 Å². The maximum Gasteiger partial charge on any atom is 0.328 e. The minimum absolute atomic E-state index is 0.907. The number of hydrogen-bond donors (Lipinski definition) is 1. The minimum atomic E-state index is -0.907. The molecule has 0 saturated carbocycles. The molecule has 0 aliphatic rings. The Bertz CT molecular complexity index is 422. The second-order valence-electron chi connectivity index (χ2n) is 4.43. The van der Waals surface area contributed by atoms with E-state index in [1.165, 1.54) is 12.8 Å². The Morgan fingerprint density at radius 1 is 1.00 bits per heavy atom. The van der Waals surface area contributed by atoms with Crippen LogP contribution in [0.4, 0.5) is 0 Å². The number of carboxylic acid groups (broad SMARTS) is 1. The second-order valence-corrected chi connectivity index (χ2v) is 4.43. The van der Waals surface area contributed by atoms with Crippen LogP contribution in [0.3, 0.4) is 0 Å². The van der Waals surface area contributed by atoms with Crippen molar-refractivity contribution in [1.82, 2.24) is 0 Å². The lowest BCUT2D eigenvalue weighted by molar-refractivity contribution is -0.131. The molecule has 0 rings (SSSR count). The second kappa shape index (κ2) is 15.1. The van der Waals surface area contributed by atoms with E-state index in [1.54, 1.807) is 12.2 Å². The summed E-state index contributed by atoms with van der Waals surface area (Å²) in [5.74, 6) is 10.9. The molecule has 0 aliphatic heterocycles. The first kappa shape index (κ1) is 18.1. The van der Waals surface area contributed by atoms with Gasteiger partial charge in [0.1, 0.15) is 0 Å². The molecule has 0 aromatic heterocycles. The molecule has 20 heavy (non-hydrogen) atoms. The van der Waals surface area contributed by atoms with Gasteiger partial charge >= 0.3 is 5.97 Å². The third-order valence-electron chi connectivity index (χ3n) is 2.52. The van der Waals surface area contributed by atoms with Gasteiger partial charge in [0.2, 0.25) is 0 Å². The molecule has 0 bridgehead atoms. The number of rotatable bonds is 9. The van der Waals surface area contributed by atoms with E-state index in [0.717, 1.165) is 44.6 Å². The van der Waals surface area contributed by atoms with E-state index < -0.39 is 5.97 Å². The molecule has 0 amide bonds. The van der Waals surface area contributed by atoms with Gasteiger partial charge in [-0.05, 0) is 37.5 Å². The quantitative estimate of drug-likeness (QED) is 0.293. The summed E-state index contributed by atoms with van der Waals surface area (Å²) in [5, 5.41) is 8.38. The lowest BCUT2D eigenvalue weighted by Crippen LogP contribution is -1.84. The first-order chi connectivity index (χ1) is 9.77. The Hall–Kier alpha value is -1.93. The standard InChI is InChI=1S/C18H24O2/c1-2-3-4-5-6-7-8-9-10-11-12-13-14-15-16-17-18(19)20/h14-17H,2-3,8-13H2,1H3,(H,19,20). The molecular weight excluding hydrogens is 248 g/mol. The summed E-state index contributed by atoms with van der Waals surface area (Å²) in [4.78, 5) is 10.2. The van der Waals surface area contributed by atoms with Gasteiger partial charge in [-0.3, -0.25) is 0 Å². The molecule has 0 saturated heterocycles. The first-order valence-electron chi connectivity index (χ1n) is 7.29. The molecule has 2 heteroatoms. The highest BCUT2D eigenvalue weighted by Crippen LogP contribution is 2.05. The van der Waals surface area contributed by atoms with E-state index in [4.69, 9.17) is 5.11 Å². The molecule has 0 fully saturated rings. The molecule has 1 N–H and O–H groups in total. The number of aliphatic carboxylic acids is 1. The van der Waals surface area contributed by atoms with E-state index >= 15 is 0 Å². The number of carbonyl (C=O) groups is 1. The zero-order chi connectivity index (χ0) is 14.9. The zero-order valence-corrected chi connectivity index (χ0v) is 12.3. The topological polar surface area (TPSA) is 37.3 Å². The highest BCUT2D eigenvalue weighted by atomic mass is 16.4. The van der Waals surface area contributed by atoms with E-state index in [-0.39, 0.29) is 0 Å². The van der Waals surface area contributed by atoms with Crippen LogP contribution in [0.5, 0.6) is 0 Å². The molecule has 0 unspecified atom stereocenters. The van der Waals surface area contributed by atoms with Crippen molar-refractivity contribution in [2.75, 3.05) is 0 Å². The fourth-order valence-corrected chi connectivity index (χ4v) is 1.48. The van der Waals surface area contributed by atoms with E-state index in [1.807, 2.05) is 6.08 Å². The Balaban J connectivity index is 3.37. The molecular formula is C18H24O2. The summed E-state index contributed by atoms with van der Waals surface area (Å²) in [5.41, 5.74) is 0. The summed E-state index contributed by atoms with van der Waals surface area (Å²) >= 11 is 0. The summed E-state index contributed by atoms with van der Waals surface area (Å²) in [6.07, 6.45) is 15.1. The fraction of sp³-hybridized carbons (Fsp3) is 0.500. The molecule has 0 aromatic carbocycles. The summed E-state index contributed by atoms with van der Waals surface area (Å²) in [6.45, 7) is 2.11. The van der Waals surface area contributed by atoms with Gasteiger partial charge in [-0.25, -0.2) is 4.79 Å². The van der Waals surface area contributed by atoms with Gasteiger partial charge in [0.05, 0.1) is 0 Å². The Morgan fingerprint density at radius 2 is 1.70 bits per heavy atom. The largest absolute Gasteiger partial charge is 0.478 e. The zero-order valence-electron chi connectivity index (χ0n) is 12.3. The van der Waals surface area contributed by atoms with Crippen LogP contribution in [0.25, 0.3) is 0 Å². The van der Waals surface area contributed by atoms with Crippen LogP contribution in [0.2, 0.25) is 0 Å². The predicted octanol–water partition coefficient (Wildman–Crippen LogP) is 4.33. The number of unbranched alkanes of at least 4 members (excludes halogenated alkanes) is 6. The number of allylic oxidation sites excluding steroid dienone is 3. The Kier molecular flexibility index (Phi) is 13.7. The molecule has 0 aliphatic carbocycles. The lowest BCUT2D eigenvalue weighted by atomic mass is 10.1. The van der Waals surface area contributed by atoms with Crippen molar-refractivity contribution in [3.63, 3.8) is 0 Å². The molecule has 2 nitrogen and oxygen atoms in total. The maximum absolute atomic E-state index is 10.2. The van der Waals surface area contributed by atoms with Crippen LogP contribution in [0.1, 0.15) is 58.3 Å². The van der Waals surface area contributed by atoms with Crippen molar-refractivity contribution in [2.45, 2.75) is 58.3 Å². The molecule has 0 spiro atoms. The van der Waals surface area contributed by atoms with Crippen LogP contribution in [0, 0.1) is 23.7 Å². The average Bonchev–Trinajstić information content (AvgIpc) is 2.43. The molecule has 0 aromatic rings. The van der Waals surface area contributed by atoms with Crippen molar-refractivity contribution in [2.24, 2.45) is 0 Å². The Labute approximate surface area is 123 Å². The predicted molar refractivity (Wildman–Crippen MR) is 84.1 cm³/mol. The van der Waals surface area contributed by atoms with Gasteiger partial charge < -0.3 is 5.11 Å². The van der Waals surface area contributed by atoms with Crippen LogP contribution in [-0.2, 0) is 4.79 Å². The maximum atomic E-state index is 10.2. The van der Waals surface area contributed by atoms with E-state index in [2.05, 4.69) is 30.6 Å². The summed E-state index contributed by atoms with van der Waals surface area (Å²) in [6, 6.07) is 0. The van der Waals surface area contributed by atoms with Crippen LogP contribution in [-0.4, -0.2) is 11.1 Å². The third-order valence-corrected chi connectivity index (χ3v) is 2.52. The van der Waals surface area contributed by atoms with Crippen molar-refractivity contribution in [3.8, 4) is 23.7 Å². The molecule has 0 heterocycles. The SMILES string of the molecule is CCCC#CC#CCCCCCCC=CC=CC(=O)O. The first-order valence-corrected chi connectivity index (χ1v) is 7.29. The van der Waals surface area contributed by atoms with Gasteiger partial charge in [-0.1, -0.05) is 49.8 Å². The number of hydrogen-bond acceptors (Lipinski definition) is 1. The summed E-state index contributed by atoms with van der Waals surface area (Å²) in [7, 11) is 0. The van der Waals surface area contributed by atoms with Gasteiger partial charge in [0.25, 0.3) is 0 Å². The lowest BCUT2D eigenvalue weighted by Gasteiger charge is -1.95. The highest BCUT2D eigenvalue weighted by Gasteiger charge is 1.87. The third kappa shape index (κ3) is 16.1. The Morgan fingerprint density at radius 3 is 2.40 bits per heavy atom. The highest BCUT2D eigenvalue weighted by molar-refractivity contribution is 5.80. The minimum Gasteiger partial charge on any atom is -0.478 e. The molecule has 0 atom stereocenters. The smallest absolute Gasteiger partial charge is 0.328 e. The van der Waals surface area contributed by atoms with Crippen LogP contribution in [0.15, 0.2) is 24.3 Å². The van der Waals surface area contributed by atoms with Crippen molar-refractivity contribution in [1.29, 1.82) is 0 Å². The van der Waals surface area contributed by atoms with Crippen molar-refractivity contribution >= 4 is 5.97 Å². The fourth-order valence-electron chi connectivity index (χ4n) is 1.48. The van der Waals surface area contributed by atoms with Crippen LogP contribution < -0.4 is 0 Å². The number of carboxylic acids is 1.